The molecule has 4 aromatic heterocycles. The molecule has 0 saturated heterocycles. The monoisotopic (exact) mass is 1170 g/mol. The highest BCUT2D eigenvalue weighted by Gasteiger charge is 2.43. The Bertz CT molecular complexity index is 4980. The number of para-hydroxylation sites is 4. The second-order valence-electron chi connectivity index (χ2n) is 23.2. The molecular weight excluding hydrogens is 1110 g/mol. The van der Waals surface area contributed by atoms with Gasteiger partial charge in [0.05, 0.1) is 33.1 Å². The molecule has 0 aliphatic heterocycles. The fraction of sp³-hybridized carbons (Fsp3) is 0. The molecule has 17 aromatic rings. The van der Waals surface area contributed by atoms with Crippen LogP contribution in [0.5, 0.6) is 0 Å². The zero-order valence-corrected chi connectivity index (χ0v) is 50.6. The third-order valence-corrected chi connectivity index (χ3v) is 28.1. The second kappa shape index (κ2) is 21.3. The number of rotatable bonds is 12. The van der Waals surface area contributed by atoms with Crippen molar-refractivity contribution in [1.82, 2.24) is 23.7 Å². The first-order valence-corrected chi connectivity index (χ1v) is 34.6. The average Bonchev–Trinajstić information content (AvgIpc) is 1.99. The lowest BCUT2D eigenvalue weighted by molar-refractivity contribution is 0.993. The quantitative estimate of drug-likeness (QED) is 0.0903. The van der Waals surface area contributed by atoms with Crippen LogP contribution in [-0.4, -0.2) is 39.8 Å². The van der Waals surface area contributed by atoms with Crippen molar-refractivity contribution in [2.45, 2.75) is 0 Å². The summed E-state index contributed by atoms with van der Waals surface area (Å²) in [5.74, 6) is 2.17. The van der Waals surface area contributed by atoms with E-state index < -0.39 is 16.1 Å². The van der Waals surface area contributed by atoms with Gasteiger partial charge in [0.15, 0.2) is 22.0 Å². The van der Waals surface area contributed by atoms with Gasteiger partial charge in [-0.3, -0.25) is 9.13 Å². The topological polar surface area (TPSA) is 40.6 Å². The molecular formula is C82H57N5Si2. The third-order valence-electron chi connectivity index (χ3n) is 18.6. The van der Waals surface area contributed by atoms with Crippen molar-refractivity contribution in [2.75, 3.05) is 0 Å². The summed E-state index contributed by atoms with van der Waals surface area (Å²) in [6.45, 7) is 0. The predicted octanol–water partition coefficient (Wildman–Crippen LogP) is 14.2. The number of fused-ring (bicyclic) bond motifs is 9. The Kier molecular flexibility index (Phi) is 12.5. The van der Waals surface area contributed by atoms with E-state index in [0.717, 1.165) is 66.8 Å². The molecule has 0 aliphatic rings. The number of nitrogens with zero attached hydrogens (tertiary/aromatic N) is 5. The Balaban J connectivity index is 0.932. The number of benzene rings is 13. The zero-order valence-electron chi connectivity index (χ0n) is 48.6. The fourth-order valence-electron chi connectivity index (χ4n) is 14.8. The van der Waals surface area contributed by atoms with Crippen LogP contribution in [0.25, 0.3) is 94.1 Å². The summed E-state index contributed by atoms with van der Waals surface area (Å²) in [5, 5.41) is 17.7. The van der Waals surface area contributed by atoms with Gasteiger partial charge in [-0.05, 0) is 90.0 Å². The van der Waals surface area contributed by atoms with Crippen LogP contribution in [0, 0.1) is 0 Å². The molecule has 0 aliphatic carbocycles. The van der Waals surface area contributed by atoms with Crippen molar-refractivity contribution in [3.8, 4) is 28.7 Å². The van der Waals surface area contributed by atoms with Crippen LogP contribution in [0.1, 0.15) is 0 Å². The maximum atomic E-state index is 5.77. The highest BCUT2D eigenvalue weighted by Crippen LogP contribution is 2.38. The lowest BCUT2D eigenvalue weighted by Crippen LogP contribution is -2.74. The summed E-state index contributed by atoms with van der Waals surface area (Å²) < 4.78 is 7.13. The summed E-state index contributed by atoms with van der Waals surface area (Å²) in [6, 6.07) is 128. The summed E-state index contributed by atoms with van der Waals surface area (Å²) >= 11 is 0. The molecule has 17 rings (SSSR count). The highest BCUT2D eigenvalue weighted by atomic mass is 28.3. The molecule has 0 unspecified atom stereocenters. The van der Waals surface area contributed by atoms with Gasteiger partial charge < -0.3 is 4.57 Å². The van der Waals surface area contributed by atoms with E-state index in [9.17, 15) is 0 Å². The predicted molar refractivity (Wildman–Crippen MR) is 378 cm³/mol. The molecule has 4 heterocycles. The van der Waals surface area contributed by atoms with Crippen LogP contribution in [0.15, 0.2) is 346 Å². The minimum Gasteiger partial charge on any atom is -0.309 e. The van der Waals surface area contributed by atoms with E-state index in [-0.39, 0.29) is 0 Å². The maximum absolute atomic E-state index is 5.77. The maximum Gasteiger partial charge on any atom is 0.179 e. The first kappa shape index (κ1) is 52.1. The van der Waals surface area contributed by atoms with Crippen molar-refractivity contribution in [2.24, 2.45) is 0 Å². The molecule has 89 heavy (non-hydrogen) atoms. The third kappa shape index (κ3) is 8.20. The van der Waals surface area contributed by atoms with E-state index in [0.29, 0.717) is 5.82 Å². The lowest BCUT2D eigenvalue weighted by Gasteiger charge is -2.34. The molecule has 0 bridgehead atoms. The summed E-state index contributed by atoms with van der Waals surface area (Å²) in [6.07, 6.45) is 0. The molecule has 5 nitrogen and oxygen atoms in total. The minimum absolute atomic E-state index is 0.623. The largest absolute Gasteiger partial charge is 0.309 e. The van der Waals surface area contributed by atoms with Gasteiger partial charge in [0.1, 0.15) is 11.6 Å². The lowest BCUT2D eigenvalue weighted by atomic mass is 10.1. The average molecular weight is 1170 g/mol. The Labute approximate surface area is 518 Å². The van der Waals surface area contributed by atoms with Gasteiger partial charge in [-0.1, -0.05) is 291 Å². The molecule has 0 spiro atoms. The van der Waals surface area contributed by atoms with E-state index in [1.165, 1.54) is 63.0 Å². The van der Waals surface area contributed by atoms with Gasteiger partial charge in [0.25, 0.3) is 0 Å². The van der Waals surface area contributed by atoms with Crippen molar-refractivity contribution in [3.63, 3.8) is 0 Å². The summed E-state index contributed by atoms with van der Waals surface area (Å²) in [7, 11) is -5.80. The van der Waals surface area contributed by atoms with Crippen LogP contribution in [0.2, 0.25) is 0 Å². The van der Waals surface area contributed by atoms with Gasteiger partial charge in [-0.2, -0.15) is 0 Å². The van der Waals surface area contributed by atoms with Crippen molar-refractivity contribution >= 4 is 123 Å². The van der Waals surface area contributed by atoms with E-state index in [1.807, 2.05) is 0 Å². The molecule has 418 valence electrons. The normalized spacial score (nSPS) is 12.0. The number of hydrogen-bond donors (Lipinski definition) is 0. The van der Waals surface area contributed by atoms with Crippen LogP contribution < -0.4 is 41.5 Å². The van der Waals surface area contributed by atoms with Gasteiger partial charge in [-0.15, -0.1) is 0 Å². The molecule has 13 aromatic carbocycles. The van der Waals surface area contributed by atoms with Gasteiger partial charge in [-0.25, -0.2) is 9.97 Å². The minimum atomic E-state index is -2.90. The van der Waals surface area contributed by atoms with Crippen LogP contribution in [0.3, 0.4) is 0 Å². The van der Waals surface area contributed by atoms with E-state index in [2.05, 4.69) is 359 Å². The van der Waals surface area contributed by atoms with E-state index in [4.69, 9.17) is 9.97 Å². The summed E-state index contributed by atoms with van der Waals surface area (Å²) in [5.41, 5.74) is 8.51. The Morgan fingerprint density at radius 3 is 0.843 bits per heavy atom. The molecule has 0 saturated carbocycles. The fourth-order valence-corrected chi connectivity index (χ4v) is 24.3. The van der Waals surface area contributed by atoms with E-state index >= 15 is 0 Å². The van der Waals surface area contributed by atoms with Crippen molar-refractivity contribution in [1.29, 1.82) is 0 Å². The van der Waals surface area contributed by atoms with Crippen molar-refractivity contribution in [3.05, 3.63) is 346 Å². The molecule has 7 heteroatoms. The Morgan fingerprint density at radius 1 is 0.202 bits per heavy atom. The zero-order chi connectivity index (χ0) is 58.9. The highest BCUT2D eigenvalue weighted by molar-refractivity contribution is 7.20. The van der Waals surface area contributed by atoms with E-state index in [1.54, 1.807) is 0 Å². The van der Waals surface area contributed by atoms with Gasteiger partial charge >= 0.3 is 0 Å². The van der Waals surface area contributed by atoms with Crippen LogP contribution >= 0.6 is 0 Å². The molecule has 0 radical (unpaired) electrons. The van der Waals surface area contributed by atoms with Crippen LogP contribution in [0.4, 0.5) is 0 Å². The summed E-state index contributed by atoms with van der Waals surface area (Å²) in [4.78, 5) is 11.5. The second-order valence-corrected chi connectivity index (χ2v) is 30.8. The number of hydrogen-bond acceptors (Lipinski definition) is 2. The smallest absolute Gasteiger partial charge is 0.179 e. The first-order chi connectivity index (χ1) is 44.2. The van der Waals surface area contributed by atoms with Gasteiger partial charge in [0, 0.05) is 49.6 Å². The molecule has 0 atom stereocenters. The van der Waals surface area contributed by atoms with Crippen LogP contribution in [-0.2, 0) is 0 Å². The first-order valence-electron chi connectivity index (χ1n) is 30.6. The SMILES string of the molecule is c1ccc([Si](c2ccccc2)(c2ccccc2)c2ccc3c(c2)c2ccccc2n3-c2cc(-n3c4ccccc4c4cc([Si](c5ccccc5)(c5ccccc5)c5ccccc5)ccc43)nc(-c3cccc(-n4c5ccccc5c5ccccc54)c3)n2)cc1. The Morgan fingerprint density at radius 2 is 0.494 bits per heavy atom. The molecule has 0 fully saturated rings. The van der Waals surface area contributed by atoms with Crippen molar-refractivity contribution < 1.29 is 0 Å². The standard InChI is InChI=1S/C82H57N5Si2/c1-7-30-60(31-8-1)88(61-32-9-2-10-33-61,62-34-11-3-12-35-62)66-50-52-78-72(55-66)70-44-21-25-48-76(70)86(78)80-57-81(84-82(83-80)58-28-27-29-59(54-58)85-74-46-23-19-42-68(74)69-43-20-24-47-75(69)85)87-77-49-26-22-45-71(77)73-56-67(51-53-79(73)87)89(63-36-13-4-14-37-63,64-38-15-5-16-39-64)65-40-17-6-18-41-65/h1-57H. The molecule has 0 N–H and O–H groups in total. The Hall–Kier alpha value is -11.2. The number of aromatic nitrogens is 5. The molecule has 0 amide bonds. The van der Waals surface area contributed by atoms with Gasteiger partial charge in [0.2, 0.25) is 0 Å².